The first-order chi connectivity index (χ1) is 10.2. The van der Waals surface area contributed by atoms with Crippen molar-refractivity contribution in [1.29, 1.82) is 0 Å². The van der Waals surface area contributed by atoms with Gasteiger partial charge in [-0.05, 0) is 55.7 Å². The average molecular weight is 291 g/mol. The fourth-order valence-corrected chi connectivity index (χ4v) is 2.80. The second-order valence-corrected chi connectivity index (χ2v) is 5.90. The SMILES string of the molecule is NCC1CCC(OCc2ccc(CCC(=O)O)cc2)CC1. The predicted molar refractivity (Wildman–Crippen MR) is 82.0 cm³/mol. The molecule has 4 nitrogen and oxygen atoms in total. The number of hydrogen-bond donors (Lipinski definition) is 2. The van der Waals surface area contributed by atoms with E-state index in [4.69, 9.17) is 15.6 Å². The molecule has 0 atom stereocenters. The highest BCUT2D eigenvalue weighted by molar-refractivity contribution is 5.67. The van der Waals surface area contributed by atoms with Gasteiger partial charge in [-0.15, -0.1) is 0 Å². The van der Waals surface area contributed by atoms with Crippen LogP contribution < -0.4 is 5.73 Å². The molecular weight excluding hydrogens is 266 g/mol. The largest absolute Gasteiger partial charge is 0.481 e. The van der Waals surface area contributed by atoms with Crippen LogP contribution in [0.3, 0.4) is 0 Å². The van der Waals surface area contributed by atoms with E-state index >= 15 is 0 Å². The third kappa shape index (κ3) is 5.48. The van der Waals surface area contributed by atoms with E-state index in [2.05, 4.69) is 0 Å². The lowest BCUT2D eigenvalue weighted by atomic mass is 9.87. The van der Waals surface area contributed by atoms with Crippen LogP contribution in [0.25, 0.3) is 0 Å². The molecule has 116 valence electrons. The van der Waals surface area contributed by atoms with Gasteiger partial charge in [0.05, 0.1) is 12.7 Å². The van der Waals surface area contributed by atoms with Crippen molar-refractivity contribution in [3.05, 3.63) is 35.4 Å². The number of hydrogen-bond acceptors (Lipinski definition) is 3. The Morgan fingerprint density at radius 1 is 1.14 bits per heavy atom. The number of carbonyl (C=O) groups is 1. The van der Waals surface area contributed by atoms with Crippen molar-refractivity contribution in [2.24, 2.45) is 11.7 Å². The second kappa shape index (κ2) is 8.15. The molecule has 1 aliphatic carbocycles. The summed E-state index contributed by atoms with van der Waals surface area (Å²) in [5.41, 5.74) is 7.90. The first-order valence-electron chi connectivity index (χ1n) is 7.78. The van der Waals surface area contributed by atoms with Crippen molar-refractivity contribution in [3.8, 4) is 0 Å². The van der Waals surface area contributed by atoms with E-state index in [1.54, 1.807) is 0 Å². The number of ether oxygens (including phenoxy) is 1. The monoisotopic (exact) mass is 291 g/mol. The van der Waals surface area contributed by atoms with Gasteiger partial charge in [0, 0.05) is 6.42 Å². The molecule has 4 heteroatoms. The molecule has 1 aliphatic rings. The number of rotatable bonds is 7. The van der Waals surface area contributed by atoms with Crippen LogP contribution in [0.2, 0.25) is 0 Å². The van der Waals surface area contributed by atoms with Crippen molar-refractivity contribution in [1.82, 2.24) is 0 Å². The van der Waals surface area contributed by atoms with Gasteiger partial charge in [0.25, 0.3) is 0 Å². The van der Waals surface area contributed by atoms with Crippen molar-refractivity contribution < 1.29 is 14.6 Å². The Balaban J connectivity index is 1.72. The van der Waals surface area contributed by atoms with Crippen LogP contribution in [0, 0.1) is 5.92 Å². The zero-order chi connectivity index (χ0) is 15.1. The van der Waals surface area contributed by atoms with Gasteiger partial charge < -0.3 is 15.6 Å². The highest BCUT2D eigenvalue weighted by atomic mass is 16.5. The normalized spacial score (nSPS) is 22.1. The van der Waals surface area contributed by atoms with Crippen LogP contribution in [0.15, 0.2) is 24.3 Å². The Kier molecular flexibility index (Phi) is 6.21. The van der Waals surface area contributed by atoms with Crippen LogP contribution in [-0.2, 0) is 22.6 Å². The first kappa shape index (κ1) is 16.0. The van der Waals surface area contributed by atoms with E-state index in [-0.39, 0.29) is 6.42 Å². The zero-order valence-corrected chi connectivity index (χ0v) is 12.5. The molecule has 0 heterocycles. The maximum absolute atomic E-state index is 10.5. The van der Waals surface area contributed by atoms with E-state index in [0.29, 0.717) is 25.0 Å². The van der Waals surface area contributed by atoms with Gasteiger partial charge in [0.2, 0.25) is 0 Å². The van der Waals surface area contributed by atoms with E-state index in [0.717, 1.165) is 30.5 Å². The molecule has 1 aromatic carbocycles. The molecule has 1 fully saturated rings. The highest BCUT2D eigenvalue weighted by Gasteiger charge is 2.20. The highest BCUT2D eigenvalue weighted by Crippen LogP contribution is 2.26. The van der Waals surface area contributed by atoms with E-state index in [1.165, 1.54) is 12.8 Å². The second-order valence-electron chi connectivity index (χ2n) is 5.90. The van der Waals surface area contributed by atoms with Gasteiger partial charge >= 0.3 is 5.97 Å². The molecule has 0 saturated heterocycles. The molecule has 3 N–H and O–H groups in total. The van der Waals surface area contributed by atoms with Crippen LogP contribution in [0.4, 0.5) is 0 Å². The maximum Gasteiger partial charge on any atom is 0.303 e. The Morgan fingerprint density at radius 3 is 2.33 bits per heavy atom. The molecule has 1 saturated carbocycles. The molecule has 0 aromatic heterocycles. The number of benzene rings is 1. The quantitative estimate of drug-likeness (QED) is 0.810. The van der Waals surface area contributed by atoms with Crippen LogP contribution >= 0.6 is 0 Å². The molecule has 0 radical (unpaired) electrons. The summed E-state index contributed by atoms with van der Waals surface area (Å²) in [6.07, 6.45) is 5.70. The summed E-state index contributed by atoms with van der Waals surface area (Å²) in [4.78, 5) is 10.5. The third-order valence-electron chi connectivity index (χ3n) is 4.26. The average Bonchev–Trinajstić information content (AvgIpc) is 2.52. The molecule has 2 rings (SSSR count). The minimum atomic E-state index is -0.754. The smallest absolute Gasteiger partial charge is 0.303 e. The summed E-state index contributed by atoms with van der Waals surface area (Å²) >= 11 is 0. The lowest BCUT2D eigenvalue weighted by Gasteiger charge is -2.27. The molecule has 0 amide bonds. The van der Waals surface area contributed by atoms with Gasteiger partial charge in [0.1, 0.15) is 0 Å². The minimum Gasteiger partial charge on any atom is -0.481 e. The molecule has 0 aliphatic heterocycles. The summed E-state index contributed by atoms with van der Waals surface area (Å²) in [5.74, 6) is -0.0751. The van der Waals surface area contributed by atoms with Crippen LogP contribution in [0.5, 0.6) is 0 Å². The summed E-state index contributed by atoms with van der Waals surface area (Å²) in [5, 5.41) is 8.67. The number of carboxylic acids is 1. The van der Waals surface area contributed by atoms with Crippen LogP contribution in [-0.4, -0.2) is 23.7 Å². The van der Waals surface area contributed by atoms with Gasteiger partial charge in [-0.3, -0.25) is 4.79 Å². The third-order valence-corrected chi connectivity index (χ3v) is 4.26. The maximum atomic E-state index is 10.5. The summed E-state index contributed by atoms with van der Waals surface area (Å²) < 4.78 is 5.96. The molecular formula is C17H25NO3. The minimum absolute atomic E-state index is 0.181. The summed E-state index contributed by atoms with van der Waals surface area (Å²) in [6, 6.07) is 8.05. The fourth-order valence-electron chi connectivity index (χ4n) is 2.80. The Bertz CT molecular complexity index is 436. The van der Waals surface area contributed by atoms with Crippen LogP contribution in [0.1, 0.15) is 43.2 Å². The fraction of sp³-hybridized carbons (Fsp3) is 0.588. The standard InChI is InChI=1S/C17H25NO3/c18-11-14-5-8-16(9-6-14)21-12-15-3-1-13(2-4-15)7-10-17(19)20/h1-4,14,16H,5-12,18H2,(H,19,20). The number of aliphatic carboxylic acids is 1. The summed E-state index contributed by atoms with van der Waals surface area (Å²) in [6.45, 7) is 1.43. The topological polar surface area (TPSA) is 72.5 Å². The Hall–Kier alpha value is -1.39. The van der Waals surface area contributed by atoms with Gasteiger partial charge in [-0.1, -0.05) is 24.3 Å². The molecule has 0 spiro atoms. The van der Waals surface area contributed by atoms with Gasteiger partial charge in [-0.2, -0.15) is 0 Å². The van der Waals surface area contributed by atoms with Crippen molar-refractivity contribution in [2.45, 2.75) is 51.2 Å². The molecule has 0 unspecified atom stereocenters. The molecule has 0 bridgehead atoms. The lowest BCUT2D eigenvalue weighted by molar-refractivity contribution is -0.136. The Morgan fingerprint density at radius 2 is 1.76 bits per heavy atom. The van der Waals surface area contributed by atoms with Crippen molar-refractivity contribution in [3.63, 3.8) is 0 Å². The molecule has 1 aromatic rings. The van der Waals surface area contributed by atoms with Crippen molar-refractivity contribution >= 4 is 5.97 Å². The van der Waals surface area contributed by atoms with Gasteiger partial charge in [0.15, 0.2) is 0 Å². The number of carboxylic acid groups (broad SMARTS) is 1. The van der Waals surface area contributed by atoms with E-state index in [1.807, 2.05) is 24.3 Å². The lowest BCUT2D eigenvalue weighted by Crippen LogP contribution is -2.25. The first-order valence-corrected chi connectivity index (χ1v) is 7.78. The number of nitrogens with two attached hydrogens (primary N) is 1. The summed E-state index contributed by atoms with van der Waals surface area (Å²) in [7, 11) is 0. The van der Waals surface area contributed by atoms with Gasteiger partial charge in [-0.25, -0.2) is 0 Å². The van der Waals surface area contributed by atoms with Crippen molar-refractivity contribution in [2.75, 3.05) is 6.54 Å². The Labute approximate surface area is 126 Å². The molecule has 21 heavy (non-hydrogen) atoms. The number of aryl methyl sites for hydroxylation is 1. The van der Waals surface area contributed by atoms with E-state index < -0.39 is 5.97 Å². The predicted octanol–water partition coefficient (Wildman–Crippen LogP) is 2.74. The van der Waals surface area contributed by atoms with E-state index in [9.17, 15) is 4.79 Å². The zero-order valence-electron chi connectivity index (χ0n) is 12.5.